The van der Waals surface area contributed by atoms with Crippen LogP contribution >= 0.6 is 0 Å². The minimum absolute atomic E-state index is 0.0977. The summed E-state index contributed by atoms with van der Waals surface area (Å²) in [5.74, 6) is 0. The normalized spacial score (nSPS) is 18.8. The van der Waals surface area contributed by atoms with Crippen molar-refractivity contribution in [3.63, 3.8) is 0 Å². The zero-order chi connectivity index (χ0) is 17.3. The molecule has 0 unspecified atom stereocenters. The number of amides is 1. The lowest BCUT2D eigenvalue weighted by Gasteiger charge is -2.41. The highest BCUT2D eigenvalue weighted by Crippen LogP contribution is 2.28. The summed E-state index contributed by atoms with van der Waals surface area (Å²) in [6.45, 7) is 10.00. The highest BCUT2D eigenvalue weighted by Gasteiger charge is 2.31. The SMILES string of the molecule is C[C@@H]1CN(c2cccc3ccncc23)CCN1C(=O)OC(C)(C)C. The van der Waals surface area contributed by atoms with Gasteiger partial charge < -0.3 is 14.5 Å². The zero-order valence-electron chi connectivity index (χ0n) is 14.8. The van der Waals surface area contributed by atoms with Gasteiger partial charge in [-0.05, 0) is 45.2 Å². The Morgan fingerprint density at radius 3 is 2.75 bits per heavy atom. The van der Waals surface area contributed by atoms with Gasteiger partial charge in [0.05, 0.1) is 0 Å². The molecule has 1 fully saturated rings. The number of hydrogen-bond acceptors (Lipinski definition) is 4. The van der Waals surface area contributed by atoms with Crippen LogP contribution in [-0.2, 0) is 4.74 Å². The van der Waals surface area contributed by atoms with Crippen molar-refractivity contribution in [2.24, 2.45) is 0 Å². The van der Waals surface area contributed by atoms with Crippen LogP contribution in [0, 0.1) is 0 Å². The van der Waals surface area contributed by atoms with Gasteiger partial charge in [0, 0.05) is 49.1 Å². The van der Waals surface area contributed by atoms with Crippen molar-refractivity contribution >= 4 is 22.6 Å². The first-order chi connectivity index (χ1) is 11.3. The van der Waals surface area contributed by atoms with Crippen molar-refractivity contribution in [3.05, 3.63) is 36.7 Å². The second kappa shape index (κ2) is 6.30. The van der Waals surface area contributed by atoms with Crippen molar-refractivity contribution < 1.29 is 9.53 Å². The topological polar surface area (TPSA) is 45.7 Å². The number of piperazine rings is 1. The summed E-state index contributed by atoms with van der Waals surface area (Å²) in [5, 5.41) is 2.34. The van der Waals surface area contributed by atoms with Gasteiger partial charge in [0.25, 0.3) is 0 Å². The third-order valence-electron chi connectivity index (χ3n) is 4.26. The number of fused-ring (bicyclic) bond motifs is 1. The number of rotatable bonds is 1. The average molecular weight is 327 g/mol. The molecule has 0 aliphatic carbocycles. The van der Waals surface area contributed by atoms with Gasteiger partial charge in [-0.15, -0.1) is 0 Å². The fourth-order valence-corrected chi connectivity index (χ4v) is 3.14. The smallest absolute Gasteiger partial charge is 0.410 e. The van der Waals surface area contributed by atoms with Gasteiger partial charge in [0.2, 0.25) is 0 Å². The van der Waals surface area contributed by atoms with Crippen LogP contribution in [0.5, 0.6) is 0 Å². The highest BCUT2D eigenvalue weighted by molar-refractivity contribution is 5.93. The first kappa shape index (κ1) is 16.6. The minimum atomic E-state index is -0.463. The molecule has 1 atom stereocenters. The first-order valence-corrected chi connectivity index (χ1v) is 8.42. The van der Waals surface area contributed by atoms with Gasteiger partial charge in [-0.3, -0.25) is 4.98 Å². The Labute approximate surface area is 143 Å². The van der Waals surface area contributed by atoms with Crippen molar-refractivity contribution in [2.75, 3.05) is 24.5 Å². The van der Waals surface area contributed by atoms with E-state index in [2.05, 4.69) is 35.0 Å². The number of aromatic nitrogens is 1. The van der Waals surface area contributed by atoms with Crippen molar-refractivity contribution in [3.8, 4) is 0 Å². The molecule has 0 bridgehead atoms. The fourth-order valence-electron chi connectivity index (χ4n) is 3.14. The van der Waals surface area contributed by atoms with E-state index in [1.54, 1.807) is 0 Å². The van der Waals surface area contributed by atoms with E-state index >= 15 is 0 Å². The zero-order valence-corrected chi connectivity index (χ0v) is 14.8. The number of carbonyl (C=O) groups is 1. The summed E-state index contributed by atoms with van der Waals surface area (Å²) in [6, 6.07) is 8.42. The molecule has 2 aromatic rings. The van der Waals surface area contributed by atoms with Gasteiger partial charge in [-0.2, -0.15) is 0 Å². The number of ether oxygens (including phenoxy) is 1. The third kappa shape index (κ3) is 3.45. The van der Waals surface area contributed by atoms with Crippen LogP contribution in [-0.4, -0.2) is 47.3 Å². The van der Waals surface area contributed by atoms with Gasteiger partial charge in [-0.1, -0.05) is 12.1 Å². The molecule has 5 heteroatoms. The van der Waals surface area contributed by atoms with Crippen molar-refractivity contribution in [2.45, 2.75) is 39.3 Å². The van der Waals surface area contributed by atoms with Crippen molar-refractivity contribution in [1.29, 1.82) is 0 Å². The lowest BCUT2D eigenvalue weighted by molar-refractivity contribution is 0.0159. The lowest BCUT2D eigenvalue weighted by Crippen LogP contribution is -2.55. The van der Waals surface area contributed by atoms with E-state index in [4.69, 9.17) is 4.74 Å². The Morgan fingerprint density at radius 2 is 2.04 bits per heavy atom. The maximum atomic E-state index is 12.4. The number of benzene rings is 1. The van der Waals surface area contributed by atoms with Gasteiger partial charge in [-0.25, -0.2) is 4.79 Å². The second-order valence-corrected chi connectivity index (χ2v) is 7.34. The van der Waals surface area contributed by atoms with E-state index in [1.807, 2.05) is 44.1 Å². The number of pyridine rings is 1. The summed E-state index contributed by atoms with van der Waals surface area (Å²) in [5.41, 5.74) is 0.714. The molecule has 128 valence electrons. The van der Waals surface area contributed by atoms with E-state index in [0.29, 0.717) is 6.54 Å². The Hall–Kier alpha value is -2.30. The van der Waals surface area contributed by atoms with Crippen LogP contribution in [0.15, 0.2) is 36.7 Å². The molecule has 1 aliphatic heterocycles. The van der Waals surface area contributed by atoms with E-state index in [1.165, 1.54) is 11.1 Å². The maximum Gasteiger partial charge on any atom is 0.410 e. The Morgan fingerprint density at radius 1 is 1.25 bits per heavy atom. The monoisotopic (exact) mass is 327 g/mol. The Kier molecular flexibility index (Phi) is 4.35. The van der Waals surface area contributed by atoms with Gasteiger partial charge in [0.15, 0.2) is 0 Å². The second-order valence-electron chi connectivity index (χ2n) is 7.34. The molecular weight excluding hydrogens is 302 g/mol. The van der Waals surface area contributed by atoms with E-state index in [0.717, 1.165) is 18.5 Å². The number of nitrogens with zero attached hydrogens (tertiary/aromatic N) is 3. The van der Waals surface area contributed by atoms with Crippen LogP contribution < -0.4 is 4.90 Å². The van der Waals surface area contributed by atoms with Crippen LogP contribution in [0.2, 0.25) is 0 Å². The molecule has 24 heavy (non-hydrogen) atoms. The lowest BCUT2D eigenvalue weighted by atomic mass is 10.1. The standard InChI is InChI=1S/C19H25N3O2/c1-14-13-21(10-11-22(14)18(23)24-19(2,3)4)17-7-5-6-15-8-9-20-12-16(15)17/h5-9,12,14H,10-11,13H2,1-4H3/t14-/m1/s1. The van der Waals surface area contributed by atoms with Crippen LogP contribution in [0.1, 0.15) is 27.7 Å². The molecule has 3 rings (SSSR count). The summed E-state index contributed by atoms with van der Waals surface area (Å²) in [7, 11) is 0. The van der Waals surface area contributed by atoms with Crippen LogP contribution in [0.25, 0.3) is 10.8 Å². The molecule has 2 heterocycles. The summed E-state index contributed by atoms with van der Waals surface area (Å²) < 4.78 is 5.52. The predicted molar refractivity (Wildman–Crippen MR) is 96.4 cm³/mol. The molecular formula is C19H25N3O2. The molecule has 1 aliphatic rings. The highest BCUT2D eigenvalue weighted by atomic mass is 16.6. The molecule has 1 amide bonds. The summed E-state index contributed by atoms with van der Waals surface area (Å²) in [6.07, 6.45) is 3.50. The van der Waals surface area contributed by atoms with Crippen molar-refractivity contribution in [1.82, 2.24) is 9.88 Å². The predicted octanol–water partition coefficient (Wildman–Crippen LogP) is 3.68. The average Bonchev–Trinajstić information content (AvgIpc) is 2.52. The van der Waals surface area contributed by atoms with E-state index < -0.39 is 5.60 Å². The molecule has 5 nitrogen and oxygen atoms in total. The Balaban J connectivity index is 1.77. The molecule has 0 radical (unpaired) electrons. The Bertz CT molecular complexity index is 733. The quantitative estimate of drug-likeness (QED) is 0.801. The van der Waals surface area contributed by atoms with E-state index in [9.17, 15) is 4.79 Å². The van der Waals surface area contributed by atoms with E-state index in [-0.39, 0.29) is 12.1 Å². The number of carbonyl (C=O) groups excluding carboxylic acids is 1. The first-order valence-electron chi connectivity index (χ1n) is 8.42. The van der Waals surface area contributed by atoms with Crippen LogP contribution in [0.4, 0.5) is 10.5 Å². The molecule has 1 aromatic heterocycles. The molecule has 1 aromatic carbocycles. The number of hydrogen-bond donors (Lipinski definition) is 0. The van der Waals surface area contributed by atoms with Crippen LogP contribution in [0.3, 0.4) is 0 Å². The molecule has 0 N–H and O–H groups in total. The summed E-state index contributed by atoms with van der Waals surface area (Å²) >= 11 is 0. The third-order valence-corrected chi connectivity index (χ3v) is 4.26. The largest absolute Gasteiger partial charge is 0.444 e. The minimum Gasteiger partial charge on any atom is -0.444 e. The van der Waals surface area contributed by atoms with Gasteiger partial charge >= 0.3 is 6.09 Å². The maximum absolute atomic E-state index is 12.4. The molecule has 1 saturated heterocycles. The summed E-state index contributed by atoms with van der Waals surface area (Å²) in [4.78, 5) is 20.8. The molecule has 0 spiro atoms. The van der Waals surface area contributed by atoms with Gasteiger partial charge in [0.1, 0.15) is 5.60 Å². The number of anilines is 1. The molecule has 0 saturated carbocycles. The fraction of sp³-hybridized carbons (Fsp3) is 0.474.